The fourth-order valence-corrected chi connectivity index (χ4v) is 2.39. The summed E-state index contributed by atoms with van der Waals surface area (Å²) < 4.78 is 0. The van der Waals surface area contributed by atoms with Crippen LogP contribution in [0.3, 0.4) is 0 Å². The van der Waals surface area contributed by atoms with Crippen molar-refractivity contribution in [1.82, 2.24) is 15.3 Å². The molecule has 2 heterocycles. The number of nitrogens with zero attached hydrogens (tertiary/aromatic N) is 3. The van der Waals surface area contributed by atoms with E-state index in [-0.39, 0.29) is 11.9 Å². The number of hydrogen-bond donors (Lipinski definition) is 2. The predicted octanol–water partition coefficient (Wildman–Crippen LogP) is 0.471. The first kappa shape index (κ1) is 14.7. The first-order valence-corrected chi connectivity index (χ1v) is 7.22. The minimum atomic E-state index is -0.462. The van der Waals surface area contributed by atoms with Gasteiger partial charge in [0.15, 0.2) is 0 Å². The van der Waals surface area contributed by atoms with Crippen LogP contribution in [0, 0.1) is 0 Å². The standard InChI is InChI=1S/C14H23N5O/c1-3-11-7-13(17-9-16-11)19-6-4-5-12(8-19)18-14(20)10(2)15/h7,9-10,12H,3-6,8,15H2,1-2H3,(H,18,20). The van der Waals surface area contributed by atoms with Crippen LogP contribution in [0.25, 0.3) is 0 Å². The SMILES string of the molecule is CCc1cc(N2CCCC(NC(=O)C(C)N)C2)ncn1. The van der Waals surface area contributed by atoms with Crippen LogP contribution in [-0.4, -0.2) is 41.0 Å². The zero-order valence-electron chi connectivity index (χ0n) is 12.2. The molecule has 1 aromatic rings. The lowest BCUT2D eigenvalue weighted by molar-refractivity contribution is -0.122. The Kier molecular flexibility index (Phi) is 4.89. The van der Waals surface area contributed by atoms with Crippen LogP contribution in [0.4, 0.5) is 5.82 Å². The van der Waals surface area contributed by atoms with E-state index < -0.39 is 6.04 Å². The van der Waals surface area contributed by atoms with Gasteiger partial charge in [0.2, 0.25) is 5.91 Å². The van der Waals surface area contributed by atoms with E-state index in [1.165, 1.54) is 0 Å². The Bertz CT molecular complexity index is 463. The van der Waals surface area contributed by atoms with Crippen LogP contribution in [0.1, 0.15) is 32.4 Å². The van der Waals surface area contributed by atoms with Crippen molar-refractivity contribution in [2.24, 2.45) is 5.73 Å². The van der Waals surface area contributed by atoms with Gasteiger partial charge in [0.1, 0.15) is 12.1 Å². The fraction of sp³-hybridized carbons (Fsp3) is 0.643. The summed E-state index contributed by atoms with van der Waals surface area (Å²) in [4.78, 5) is 22.4. The minimum absolute atomic E-state index is 0.0891. The summed E-state index contributed by atoms with van der Waals surface area (Å²) in [6.07, 6.45) is 4.53. The number of carbonyl (C=O) groups excluding carboxylic acids is 1. The highest BCUT2D eigenvalue weighted by Gasteiger charge is 2.23. The Morgan fingerprint density at radius 3 is 3.10 bits per heavy atom. The second kappa shape index (κ2) is 6.65. The van der Waals surface area contributed by atoms with E-state index in [4.69, 9.17) is 5.73 Å². The number of rotatable bonds is 4. The molecule has 0 aromatic carbocycles. The van der Waals surface area contributed by atoms with Gasteiger partial charge in [-0.15, -0.1) is 0 Å². The summed E-state index contributed by atoms with van der Waals surface area (Å²) in [6.45, 7) is 5.52. The topological polar surface area (TPSA) is 84.1 Å². The highest BCUT2D eigenvalue weighted by Crippen LogP contribution is 2.18. The number of amides is 1. The molecule has 0 spiro atoms. The number of anilines is 1. The number of hydrogen-bond acceptors (Lipinski definition) is 5. The second-order valence-electron chi connectivity index (χ2n) is 5.30. The molecule has 6 nitrogen and oxygen atoms in total. The number of nitrogens with two attached hydrogens (primary N) is 1. The molecule has 1 saturated heterocycles. The zero-order chi connectivity index (χ0) is 14.5. The van der Waals surface area contributed by atoms with Gasteiger partial charge in [-0.1, -0.05) is 6.92 Å². The lowest BCUT2D eigenvalue weighted by Gasteiger charge is -2.34. The van der Waals surface area contributed by atoms with Gasteiger partial charge in [0.25, 0.3) is 0 Å². The van der Waals surface area contributed by atoms with E-state index in [0.29, 0.717) is 0 Å². The lowest BCUT2D eigenvalue weighted by Crippen LogP contribution is -2.51. The molecule has 1 amide bonds. The summed E-state index contributed by atoms with van der Waals surface area (Å²) in [5.74, 6) is 0.852. The van der Waals surface area contributed by atoms with Crippen LogP contribution >= 0.6 is 0 Å². The second-order valence-corrected chi connectivity index (χ2v) is 5.30. The van der Waals surface area contributed by atoms with Crippen molar-refractivity contribution in [3.05, 3.63) is 18.1 Å². The number of aromatic nitrogens is 2. The van der Waals surface area contributed by atoms with Crippen LogP contribution < -0.4 is 16.0 Å². The molecule has 110 valence electrons. The van der Waals surface area contributed by atoms with Crippen molar-refractivity contribution in [3.8, 4) is 0 Å². The quantitative estimate of drug-likeness (QED) is 0.836. The first-order valence-electron chi connectivity index (χ1n) is 7.22. The van der Waals surface area contributed by atoms with Gasteiger partial charge in [0, 0.05) is 30.9 Å². The maximum atomic E-state index is 11.7. The van der Waals surface area contributed by atoms with Crippen LogP contribution in [0.2, 0.25) is 0 Å². The number of piperidine rings is 1. The van der Waals surface area contributed by atoms with Gasteiger partial charge in [0.05, 0.1) is 6.04 Å². The third-order valence-corrected chi connectivity index (χ3v) is 3.58. The van der Waals surface area contributed by atoms with E-state index in [0.717, 1.165) is 43.9 Å². The molecule has 2 rings (SSSR count). The Morgan fingerprint density at radius 2 is 2.40 bits per heavy atom. The summed E-state index contributed by atoms with van der Waals surface area (Å²) in [5.41, 5.74) is 6.63. The van der Waals surface area contributed by atoms with Crippen molar-refractivity contribution >= 4 is 11.7 Å². The van der Waals surface area contributed by atoms with E-state index >= 15 is 0 Å². The van der Waals surface area contributed by atoms with Gasteiger partial charge >= 0.3 is 0 Å². The van der Waals surface area contributed by atoms with Gasteiger partial charge < -0.3 is 16.0 Å². The summed E-state index contributed by atoms with van der Waals surface area (Å²) in [6, 6.07) is 1.70. The maximum absolute atomic E-state index is 11.7. The molecule has 1 fully saturated rings. The number of nitrogens with one attached hydrogen (secondary N) is 1. The Morgan fingerprint density at radius 1 is 1.60 bits per heavy atom. The van der Waals surface area contributed by atoms with Crippen molar-refractivity contribution in [1.29, 1.82) is 0 Å². The highest BCUT2D eigenvalue weighted by atomic mass is 16.2. The molecule has 6 heteroatoms. The monoisotopic (exact) mass is 277 g/mol. The number of aryl methyl sites for hydroxylation is 1. The molecule has 1 aliphatic heterocycles. The summed E-state index contributed by atoms with van der Waals surface area (Å²) >= 11 is 0. The molecular formula is C14H23N5O. The Hall–Kier alpha value is -1.69. The normalized spacial score (nSPS) is 20.6. The summed E-state index contributed by atoms with van der Waals surface area (Å²) in [5, 5.41) is 3.00. The summed E-state index contributed by atoms with van der Waals surface area (Å²) in [7, 11) is 0. The van der Waals surface area contributed by atoms with Crippen LogP contribution in [0.5, 0.6) is 0 Å². The minimum Gasteiger partial charge on any atom is -0.354 e. The van der Waals surface area contributed by atoms with E-state index in [9.17, 15) is 4.79 Å². The van der Waals surface area contributed by atoms with E-state index in [1.807, 2.05) is 6.07 Å². The Balaban J connectivity index is 2.00. The molecule has 2 unspecified atom stereocenters. The first-order chi connectivity index (χ1) is 9.60. The van der Waals surface area contributed by atoms with Crippen molar-refractivity contribution in [2.45, 2.75) is 45.2 Å². The lowest BCUT2D eigenvalue weighted by atomic mass is 10.1. The zero-order valence-corrected chi connectivity index (χ0v) is 12.2. The molecular weight excluding hydrogens is 254 g/mol. The third-order valence-electron chi connectivity index (χ3n) is 3.58. The van der Waals surface area contributed by atoms with E-state index in [1.54, 1.807) is 13.3 Å². The van der Waals surface area contributed by atoms with Crippen molar-refractivity contribution < 1.29 is 4.79 Å². The average molecular weight is 277 g/mol. The Labute approximate surface area is 119 Å². The molecule has 1 aliphatic rings. The van der Waals surface area contributed by atoms with Crippen molar-refractivity contribution in [3.63, 3.8) is 0 Å². The largest absolute Gasteiger partial charge is 0.354 e. The van der Waals surface area contributed by atoms with E-state index in [2.05, 4.69) is 27.1 Å². The van der Waals surface area contributed by atoms with Gasteiger partial charge in [-0.3, -0.25) is 4.79 Å². The number of carbonyl (C=O) groups is 1. The van der Waals surface area contributed by atoms with Gasteiger partial charge in [-0.25, -0.2) is 9.97 Å². The average Bonchev–Trinajstić information content (AvgIpc) is 2.47. The molecule has 3 N–H and O–H groups in total. The molecule has 0 aliphatic carbocycles. The molecule has 0 radical (unpaired) electrons. The molecule has 20 heavy (non-hydrogen) atoms. The highest BCUT2D eigenvalue weighted by molar-refractivity contribution is 5.81. The molecule has 2 atom stereocenters. The molecule has 0 saturated carbocycles. The maximum Gasteiger partial charge on any atom is 0.236 e. The van der Waals surface area contributed by atoms with Crippen LogP contribution in [0.15, 0.2) is 12.4 Å². The van der Waals surface area contributed by atoms with Gasteiger partial charge in [-0.05, 0) is 26.2 Å². The molecule has 1 aromatic heterocycles. The molecule has 0 bridgehead atoms. The van der Waals surface area contributed by atoms with Gasteiger partial charge in [-0.2, -0.15) is 0 Å². The smallest absolute Gasteiger partial charge is 0.236 e. The predicted molar refractivity (Wildman–Crippen MR) is 78.4 cm³/mol. The van der Waals surface area contributed by atoms with Crippen LogP contribution in [-0.2, 0) is 11.2 Å². The third kappa shape index (κ3) is 3.66. The van der Waals surface area contributed by atoms with Crippen molar-refractivity contribution in [2.75, 3.05) is 18.0 Å². The fourth-order valence-electron chi connectivity index (χ4n) is 2.39.